The number of fused-ring (bicyclic) bond motifs is 5. The van der Waals surface area contributed by atoms with Crippen molar-refractivity contribution in [1.29, 1.82) is 0 Å². The molecule has 0 spiro atoms. The first-order valence-corrected chi connectivity index (χ1v) is 28.5. The number of anilines is 6. The van der Waals surface area contributed by atoms with E-state index in [-0.39, 0.29) is 11.6 Å². The molecule has 3 aliphatic rings. The minimum atomic E-state index is -0.693. The molecule has 2 atom stereocenters. The number of allylic oxidation sites excluding steroid dienone is 4. The minimum Gasteiger partial charge on any atom is -0.310 e. The van der Waals surface area contributed by atoms with E-state index in [1.165, 1.54) is 72.3 Å². The lowest BCUT2D eigenvalue weighted by molar-refractivity contribution is 0.618. The van der Waals surface area contributed by atoms with Gasteiger partial charge >= 0.3 is 0 Å². The molecule has 2 nitrogen and oxygen atoms in total. The van der Waals surface area contributed by atoms with Gasteiger partial charge in [-0.3, -0.25) is 0 Å². The molecule has 0 heterocycles. The van der Waals surface area contributed by atoms with Gasteiger partial charge in [-0.15, -0.1) is 0 Å². The topological polar surface area (TPSA) is 6.48 Å². The van der Waals surface area contributed by atoms with Gasteiger partial charge in [0.1, 0.15) is 11.6 Å². The van der Waals surface area contributed by atoms with E-state index < -0.39 is 10.8 Å². The smallest absolute Gasteiger partial charge is 0.128 e. The zero-order valence-corrected chi connectivity index (χ0v) is 47.4. The van der Waals surface area contributed by atoms with Crippen LogP contribution in [0.2, 0.25) is 0 Å². The lowest BCUT2D eigenvalue weighted by Crippen LogP contribution is -2.31. The molecular formula is C78H64F2N2. The van der Waals surface area contributed by atoms with Crippen LogP contribution in [-0.4, -0.2) is 0 Å². The predicted octanol–water partition coefficient (Wildman–Crippen LogP) is 20.9. The largest absolute Gasteiger partial charge is 0.310 e. The molecule has 0 aliphatic heterocycles. The fourth-order valence-corrected chi connectivity index (χ4v) is 13.7. The van der Waals surface area contributed by atoms with Crippen LogP contribution in [0, 0.1) is 53.2 Å². The molecule has 3 aliphatic carbocycles. The monoisotopic (exact) mass is 1070 g/mol. The first-order chi connectivity index (χ1) is 39.8. The summed E-state index contributed by atoms with van der Waals surface area (Å²) in [7, 11) is 0. The molecule has 0 N–H and O–H groups in total. The molecule has 13 rings (SSSR count). The molecule has 0 aromatic heterocycles. The maximum absolute atomic E-state index is 16.1. The summed E-state index contributed by atoms with van der Waals surface area (Å²) in [6.07, 6.45) is 10.3. The second-order valence-corrected chi connectivity index (χ2v) is 22.7. The van der Waals surface area contributed by atoms with Crippen LogP contribution in [0.1, 0.15) is 102 Å². The van der Waals surface area contributed by atoms with E-state index >= 15 is 8.78 Å². The fourth-order valence-electron chi connectivity index (χ4n) is 13.7. The number of benzene rings is 10. The summed E-state index contributed by atoms with van der Waals surface area (Å²) in [4.78, 5) is 4.34. The van der Waals surface area contributed by atoms with Gasteiger partial charge in [-0.25, -0.2) is 8.78 Å². The van der Waals surface area contributed by atoms with Crippen molar-refractivity contribution in [3.05, 3.63) is 338 Å². The third kappa shape index (κ3) is 8.18. The Labute approximate surface area is 482 Å². The summed E-state index contributed by atoms with van der Waals surface area (Å²) in [6, 6.07) is 73.2. The summed E-state index contributed by atoms with van der Waals surface area (Å²) in [5, 5.41) is 0. The van der Waals surface area contributed by atoms with Crippen LogP contribution in [0.5, 0.6) is 0 Å². The van der Waals surface area contributed by atoms with Crippen molar-refractivity contribution in [3.63, 3.8) is 0 Å². The number of halogens is 2. The van der Waals surface area contributed by atoms with Crippen LogP contribution in [0.4, 0.5) is 42.9 Å². The lowest BCUT2D eigenvalue weighted by Gasteiger charge is -2.38. The Morgan fingerprint density at radius 2 is 0.817 bits per heavy atom. The van der Waals surface area contributed by atoms with E-state index in [2.05, 4.69) is 233 Å². The second-order valence-electron chi connectivity index (χ2n) is 22.7. The zero-order chi connectivity index (χ0) is 56.6. The molecule has 10 aromatic rings. The van der Waals surface area contributed by atoms with Crippen LogP contribution in [-0.2, 0) is 10.8 Å². The summed E-state index contributed by atoms with van der Waals surface area (Å²) in [5.74, 6) is -0.571. The summed E-state index contributed by atoms with van der Waals surface area (Å²) in [5.41, 5.74) is 26.1. The van der Waals surface area contributed by atoms with Crippen LogP contribution in [0.3, 0.4) is 0 Å². The van der Waals surface area contributed by atoms with E-state index in [4.69, 9.17) is 0 Å². The number of aryl methyl sites for hydroxylation is 6. The standard InChI is InChI=1S/C78H64F2N2/c1-9-55-25-29-57(30-26-55)77(71-43-49(3)19-21-51(71)5)69-17-13-11-15-65(69)67-41-39-61(45-73(67)77)81(63-33-23-53(7)75(79)47-63)59-35-37-60(38-36-59)82(64-34-24-54(8)76(80)48-64)62-40-42-68-66-16-12-14-18-70(66)78(74(68)46-62,58-31-27-56(10-2)28-32-58)72-44-50(4)20-22-52(72)6/h9-13,15-17,19-48H,1-2,14,18H2,3-8H3. The highest BCUT2D eigenvalue weighted by atomic mass is 19.1. The molecular weight excluding hydrogens is 1000 g/mol. The summed E-state index contributed by atoms with van der Waals surface area (Å²) < 4.78 is 32.3. The molecule has 0 radical (unpaired) electrons. The third-order valence-electron chi connectivity index (χ3n) is 17.8. The number of hydrogen-bond donors (Lipinski definition) is 0. The summed E-state index contributed by atoms with van der Waals surface area (Å²) >= 11 is 0. The van der Waals surface area contributed by atoms with Crippen molar-refractivity contribution in [2.75, 3.05) is 9.80 Å². The van der Waals surface area contributed by atoms with Gasteiger partial charge in [0.15, 0.2) is 0 Å². The average molecular weight is 1070 g/mol. The highest BCUT2D eigenvalue weighted by molar-refractivity contribution is 5.94. The number of nitrogens with zero attached hydrogens (tertiary/aromatic N) is 2. The molecule has 82 heavy (non-hydrogen) atoms. The minimum absolute atomic E-state index is 0.283. The van der Waals surface area contributed by atoms with Crippen LogP contribution in [0.25, 0.3) is 28.9 Å². The Hall–Kier alpha value is -9.38. The average Bonchev–Trinajstić information content (AvgIpc) is 3.37. The molecule has 4 heteroatoms. The van der Waals surface area contributed by atoms with Crippen molar-refractivity contribution in [1.82, 2.24) is 0 Å². The van der Waals surface area contributed by atoms with Crippen molar-refractivity contribution in [2.24, 2.45) is 0 Å². The molecule has 10 aromatic carbocycles. The van der Waals surface area contributed by atoms with E-state index in [1.807, 2.05) is 36.4 Å². The SMILES string of the molecule is C=Cc1ccc(C2(c3cc(C)ccc3C)C3=C(C=CCC3)c3ccc(N(c4ccc(N(c5ccc(C)c(F)c5)c5ccc6c(c5)C(c5ccc(C=C)cc5)(c5cc(C)ccc5C)c5ccccc5-6)cc4)c4ccc(C)c(F)c4)cc32)cc1. The molecule has 0 fully saturated rings. The van der Waals surface area contributed by atoms with E-state index in [0.29, 0.717) is 22.5 Å². The van der Waals surface area contributed by atoms with Gasteiger partial charge in [0.25, 0.3) is 0 Å². The molecule has 0 bridgehead atoms. The molecule has 0 amide bonds. The number of hydrogen-bond acceptors (Lipinski definition) is 2. The molecule has 0 saturated carbocycles. The Morgan fingerprint density at radius 1 is 0.390 bits per heavy atom. The van der Waals surface area contributed by atoms with Crippen molar-refractivity contribution in [2.45, 2.75) is 65.2 Å². The third-order valence-corrected chi connectivity index (χ3v) is 17.8. The van der Waals surface area contributed by atoms with Crippen LogP contribution in [0.15, 0.2) is 237 Å². The van der Waals surface area contributed by atoms with E-state index in [0.717, 1.165) is 63.4 Å². The highest BCUT2D eigenvalue weighted by Crippen LogP contribution is 2.61. The second kappa shape index (κ2) is 20.3. The fraction of sp³-hybridized carbons (Fsp3) is 0.128. The van der Waals surface area contributed by atoms with E-state index in [9.17, 15) is 0 Å². The quantitative estimate of drug-likeness (QED) is 0.120. The van der Waals surface area contributed by atoms with Gasteiger partial charge in [-0.05, 0) is 227 Å². The van der Waals surface area contributed by atoms with Crippen LogP contribution >= 0.6 is 0 Å². The normalized spacial score (nSPS) is 16.5. The first kappa shape index (κ1) is 52.0. The lowest BCUT2D eigenvalue weighted by atomic mass is 9.64. The van der Waals surface area contributed by atoms with Gasteiger partial charge in [-0.1, -0.05) is 182 Å². The Morgan fingerprint density at radius 3 is 1.34 bits per heavy atom. The van der Waals surface area contributed by atoms with Crippen molar-refractivity contribution in [3.8, 4) is 11.1 Å². The first-order valence-electron chi connectivity index (χ1n) is 28.5. The van der Waals surface area contributed by atoms with Gasteiger partial charge < -0.3 is 9.80 Å². The maximum atomic E-state index is 16.1. The van der Waals surface area contributed by atoms with Gasteiger partial charge in [0.05, 0.1) is 10.8 Å². The zero-order valence-electron chi connectivity index (χ0n) is 47.4. The van der Waals surface area contributed by atoms with Crippen molar-refractivity contribution < 1.29 is 8.78 Å². The van der Waals surface area contributed by atoms with Gasteiger partial charge in [0.2, 0.25) is 0 Å². The van der Waals surface area contributed by atoms with Gasteiger partial charge in [-0.2, -0.15) is 0 Å². The molecule has 0 saturated heterocycles. The maximum Gasteiger partial charge on any atom is 0.128 e. The predicted molar refractivity (Wildman–Crippen MR) is 340 cm³/mol. The Balaban J connectivity index is 1.01. The van der Waals surface area contributed by atoms with Crippen LogP contribution < -0.4 is 9.80 Å². The highest BCUT2D eigenvalue weighted by Gasteiger charge is 2.50. The Bertz CT molecular complexity index is 4290. The van der Waals surface area contributed by atoms with Gasteiger partial charge in [0, 0.05) is 34.1 Å². The molecule has 400 valence electrons. The van der Waals surface area contributed by atoms with E-state index in [1.54, 1.807) is 26.0 Å². The molecule has 2 unspecified atom stereocenters. The Kier molecular flexibility index (Phi) is 12.9. The number of rotatable bonds is 12. The summed E-state index contributed by atoms with van der Waals surface area (Å²) in [6.45, 7) is 20.6. The van der Waals surface area contributed by atoms with Crippen molar-refractivity contribution >= 4 is 51.8 Å².